The van der Waals surface area contributed by atoms with E-state index in [1.54, 1.807) is 0 Å². The molecule has 0 saturated heterocycles. The summed E-state index contributed by atoms with van der Waals surface area (Å²) < 4.78 is 5.83. The summed E-state index contributed by atoms with van der Waals surface area (Å²) in [6, 6.07) is 6.09. The molecule has 0 amide bonds. The summed E-state index contributed by atoms with van der Waals surface area (Å²) >= 11 is 0. The number of carboxylic acids is 1. The molecule has 1 aromatic carbocycles. The van der Waals surface area contributed by atoms with Crippen LogP contribution in [0.2, 0.25) is 0 Å². The lowest BCUT2D eigenvalue weighted by Gasteiger charge is -2.31. The van der Waals surface area contributed by atoms with Crippen molar-refractivity contribution < 1.29 is 14.6 Å². The van der Waals surface area contributed by atoms with Crippen LogP contribution >= 0.6 is 0 Å². The second-order valence-corrected chi connectivity index (χ2v) is 5.51. The number of aliphatic carboxylic acids is 1. The van der Waals surface area contributed by atoms with Gasteiger partial charge in [0.25, 0.3) is 0 Å². The number of fused-ring (bicyclic) bond motifs is 1. The summed E-state index contributed by atoms with van der Waals surface area (Å²) in [6.07, 6.45) is 2.48. The molecule has 0 bridgehead atoms. The standard InChI is InChI=1S/C15H19NO3/c1-16-7-8-19-15-11(3-2-4-13(15)16)12(9-14(17)18)10-5-6-10/h2-4,10,12H,5-9H2,1H3,(H,17,18). The predicted octanol–water partition coefficient (Wildman–Crippen LogP) is 2.48. The number of para-hydroxylation sites is 1. The lowest BCUT2D eigenvalue weighted by molar-refractivity contribution is -0.137. The summed E-state index contributed by atoms with van der Waals surface area (Å²) in [7, 11) is 2.05. The molecule has 1 fully saturated rings. The van der Waals surface area contributed by atoms with Crippen molar-refractivity contribution in [2.45, 2.75) is 25.2 Å². The molecule has 1 unspecified atom stereocenters. The first-order chi connectivity index (χ1) is 9.16. The van der Waals surface area contributed by atoms with Gasteiger partial charge in [-0.1, -0.05) is 12.1 Å². The van der Waals surface area contributed by atoms with Crippen LogP contribution in [-0.4, -0.2) is 31.3 Å². The van der Waals surface area contributed by atoms with Crippen molar-refractivity contribution in [1.29, 1.82) is 0 Å². The summed E-state index contributed by atoms with van der Waals surface area (Å²) in [5.41, 5.74) is 2.16. The van der Waals surface area contributed by atoms with E-state index < -0.39 is 5.97 Å². The first-order valence-electron chi connectivity index (χ1n) is 6.85. The summed E-state index contributed by atoms with van der Waals surface area (Å²) in [4.78, 5) is 13.3. The van der Waals surface area contributed by atoms with E-state index >= 15 is 0 Å². The maximum atomic E-state index is 11.1. The molecule has 19 heavy (non-hydrogen) atoms. The van der Waals surface area contributed by atoms with Gasteiger partial charge in [0, 0.05) is 18.5 Å². The zero-order valence-electron chi connectivity index (χ0n) is 11.1. The number of likely N-dealkylation sites (N-methyl/N-ethyl adjacent to an activating group) is 1. The second kappa shape index (κ2) is 4.76. The molecule has 1 aromatic rings. The molecule has 4 heteroatoms. The molecule has 4 nitrogen and oxygen atoms in total. The average molecular weight is 261 g/mol. The third-order valence-corrected chi connectivity index (χ3v) is 4.09. The number of nitrogens with zero attached hydrogens (tertiary/aromatic N) is 1. The Bertz CT molecular complexity index is 496. The summed E-state index contributed by atoms with van der Waals surface area (Å²) in [6.45, 7) is 1.55. The third kappa shape index (κ3) is 2.39. The molecule has 1 aliphatic carbocycles. The monoisotopic (exact) mass is 261 g/mol. The van der Waals surface area contributed by atoms with Gasteiger partial charge in [-0.2, -0.15) is 0 Å². The molecule has 0 aromatic heterocycles. The van der Waals surface area contributed by atoms with Crippen molar-refractivity contribution in [3.63, 3.8) is 0 Å². The van der Waals surface area contributed by atoms with Crippen LogP contribution < -0.4 is 9.64 Å². The van der Waals surface area contributed by atoms with Crippen molar-refractivity contribution in [2.24, 2.45) is 5.92 Å². The van der Waals surface area contributed by atoms with Crippen molar-refractivity contribution in [1.82, 2.24) is 0 Å². The normalized spacial score (nSPS) is 19.5. The maximum absolute atomic E-state index is 11.1. The molecular weight excluding hydrogens is 242 g/mol. The molecule has 1 aliphatic heterocycles. The van der Waals surface area contributed by atoms with Gasteiger partial charge >= 0.3 is 5.97 Å². The van der Waals surface area contributed by atoms with Crippen LogP contribution in [-0.2, 0) is 4.79 Å². The minimum absolute atomic E-state index is 0.0962. The minimum atomic E-state index is -0.723. The minimum Gasteiger partial charge on any atom is -0.489 e. The Hall–Kier alpha value is -1.71. The maximum Gasteiger partial charge on any atom is 0.303 e. The van der Waals surface area contributed by atoms with Gasteiger partial charge in [0.05, 0.1) is 18.7 Å². The number of hydrogen-bond acceptors (Lipinski definition) is 3. The van der Waals surface area contributed by atoms with Crippen LogP contribution in [0.3, 0.4) is 0 Å². The Balaban J connectivity index is 1.98. The SMILES string of the molecule is CN1CCOc2c(C(CC(=O)O)C3CC3)cccc21. The van der Waals surface area contributed by atoms with Gasteiger partial charge in [-0.3, -0.25) is 4.79 Å². The highest BCUT2D eigenvalue weighted by atomic mass is 16.5. The van der Waals surface area contributed by atoms with Crippen LogP contribution in [0.25, 0.3) is 0 Å². The number of anilines is 1. The van der Waals surface area contributed by atoms with E-state index in [0.717, 1.165) is 36.4 Å². The highest BCUT2D eigenvalue weighted by Gasteiger charge is 2.36. The molecule has 1 heterocycles. The molecule has 102 valence electrons. The Labute approximate surface area is 113 Å². The van der Waals surface area contributed by atoms with Crippen molar-refractivity contribution in [3.8, 4) is 5.75 Å². The number of ether oxygens (including phenoxy) is 1. The second-order valence-electron chi connectivity index (χ2n) is 5.51. The largest absolute Gasteiger partial charge is 0.489 e. The Morgan fingerprint density at radius 3 is 3.00 bits per heavy atom. The van der Waals surface area contributed by atoms with Gasteiger partial charge in [-0.15, -0.1) is 0 Å². The van der Waals surface area contributed by atoms with Crippen molar-refractivity contribution >= 4 is 11.7 Å². The highest BCUT2D eigenvalue weighted by Crippen LogP contribution is 2.49. The molecule has 2 aliphatic rings. The van der Waals surface area contributed by atoms with E-state index in [2.05, 4.69) is 11.9 Å². The van der Waals surface area contributed by atoms with Crippen molar-refractivity contribution in [3.05, 3.63) is 23.8 Å². The van der Waals surface area contributed by atoms with Gasteiger partial charge in [0.1, 0.15) is 12.4 Å². The van der Waals surface area contributed by atoms with Gasteiger partial charge < -0.3 is 14.7 Å². The first-order valence-corrected chi connectivity index (χ1v) is 6.85. The Morgan fingerprint density at radius 1 is 1.53 bits per heavy atom. The smallest absolute Gasteiger partial charge is 0.303 e. The number of carbonyl (C=O) groups is 1. The molecule has 1 saturated carbocycles. The first kappa shape index (κ1) is 12.3. The molecule has 0 spiro atoms. The van der Waals surface area contributed by atoms with Gasteiger partial charge in [-0.05, 0) is 24.8 Å². The zero-order chi connectivity index (χ0) is 13.4. The third-order valence-electron chi connectivity index (χ3n) is 4.09. The van der Waals surface area contributed by atoms with Crippen LogP contribution in [0.1, 0.15) is 30.7 Å². The van der Waals surface area contributed by atoms with E-state index in [-0.39, 0.29) is 12.3 Å². The lowest BCUT2D eigenvalue weighted by atomic mass is 9.89. The summed E-state index contributed by atoms with van der Waals surface area (Å²) in [5, 5.41) is 9.13. The fourth-order valence-electron chi connectivity index (χ4n) is 2.91. The Morgan fingerprint density at radius 2 is 2.32 bits per heavy atom. The van der Waals surface area contributed by atoms with Crippen LogP contribution in [0.15, 0.2) is 18.2 Å². The number of benzene rings is 1. The van der Waals surface area contributed by atoms with Gasteiger partial charge in [0.15, 0.2) is 0 Å². The van der Waals surface area contributed by atoms with Crippen molar-refractivity contribution in [2.75, 3.05) is 25.1 Å². The molecular formula is C15H19NO3. The fourth-order valence-corrected chi connectivity index (χ4v) is 2.91. The van der Waals surface area contributed by atoms with Gasteiger partial charge in [0.2, 0.25) is 0 Å². The zero-order valence-corrected chi connectivity index (χ0v) is 11.1. The fraction of sp³-hybridized carbons (Fsp3) is 0.533. The average Bonchev–Trinajstić information content (AvgIpc) is 3.20. The molecule has 1 atom stereocenters. The van der Waals surface area contributed by atoms with E-state index in [9.17, 15) is 4.79 Å². The van der Waals surface area contributed by atoms with E-state index in [1.165, 1.54) is 0 Å². The topological polar surface area (TPSA) is 49.8 Å². The lowest BCUT2D eigenvalue weighted by Crippen LogP contribution is -2.29. The van der Waals surface area contributed by atoms with Crippen LogP contribution in [0.4, 0.5) is 5.69 Å². The molecule has 1 N–H and O–H groups in total. The molecule has 0 radical (unpaired) electrons. The van der Waals surface area contributed by atoms with Crippen LogP contribution in [0, 0.1) is 5.92 Å². The predicted molar refractivity (Wildman–Crippen MR) is 72.9 cm³/mol. The summed E-state index contributed by atoms with van der Waals surface area (Å²) in [5.74, 6) is 0.783. The Kier molecular flexibility index (Phi) is 3.09. The molecule has 3 rings (SSSR count). The van der Waals surface area contributed by atoms with E-state index in [0.29, 0.717) is 12.5 Å². The number of rotatable bonds is 4. The van der Waals surface area contributed by atoms with Crippen LogP contribution in [0.5, 0.6) is 5.75 Å². The number of carboxylic acid groups (broad SMARTS) is 1. The van der Waals surface area contributed by atoms with Gasteiger partial charge in [-0.25, -0.2) is 0 Å². The number of hydrogen-bond donors (Lipinski definition) is 1. The quantitative estimate of drug-likeness (QED) is 0.904. The van der Waals surface area contributed by atoms with E-state index in [1.807, 2.05) is 18.2 Å². The van der Waals surface area contributed by atoms with E-state index in [4.69, 9.17) is 9.84 Å². The highest BCUT2D eigenvalue weighted by molar-refractivity contribution is 5.70.